The van der Waals surface area contributed by atoms with Gasteiger partial charge in [0.1, 0.15) is 0 Å². The van der Waals surface area contributed by atoms with Crippen LogP contribution in [0.15, 0.2) is 42.5 Å². The lowest BCUT2D eigenvalue weighted by Crippen LogP contribution is -2.26. The van der Waals surface area contributed by atoms with Crippen molar-refractivity contribution in [2.24, 2.45) is 7.05 Å². The molecule has 3 rings (SSSR count). The largest absolute Gasteiger partial charge is 0.319 e. The van der Waals surface area contributed by atoms with Crippen LogP contribution in [-0.4, -0.2) is 4.57 Å². The van der Waals surface area contributed by atoms with E-state index in [0.29, 0.717) is 0 Å². The van der Waals surface area contributed by atoms with Crippen molar-refractivity contribution in [3.05, 3.63) is 59.9 Å². The lowest BCUT2D eigenvalue weighted by molar-refractivity contribution is -0.649. The Labute approximate surface area is 107 Å². The fraction of sp³-hybridized carbons (Fsp3) is 0.188. The van der Waals surface area contributed by atoms with Crippen LogP contribution in [0.1, 0.15) is 11.1 Å². The first kappa shape index (κ1) is 11.0. The van der Waals surface area contributed by atoms with E-state index in [1.165, 1.54) is 27.8 Å². The van der Waals surface area contributed by atoms with Gasteiger partial charge < -0.3 is 9.13 Å². The molecule has 3 aromatic rings. The second-order valence-corrected chi connectivity index (χ2v) is 4.77. The molecule has 0 atom stereocenters. The molecule has 0 saturated heterocycles. The highest BCUT2D eigenvalue weighted by atomic mass is 15.1. The maximum Gasteiger partial charge on any atom is 0.244 e. The highest BCUT2D eigenvalue weighted by Crippen LogP contribution is 2.20. The van der Waals surface area contributed by atoms with Crippen molar-refractivity contribution in [1.82, 2.24) is 4.57 Å². The first-order valence-electron chi connectivity index (χ1n) is 6.13. The molecule has 2 heteroatoms. The van der Waals surface area contributed by atoms with E-state index in [1.54, 1.807) is 0 Å². The SMILES string of the molecule is Cc1ccc(-n2[c-][n+](C)c3ccccc32)c(C)c1. The summed E-state index contributed by atoms with van der Waals surface area (Å²) in [5.41, 5.74) is 6.13. The van der Waals surface area contributed by atoms with Crippen molar-refractivity contribution in [2.75, 3.05) is 0 Å². The van der Waals surface area contributed by atoms with Gasteiger partial charge in [-0.15, -0.1) is 0 Å². The van der Waals surface area contributed by atoms with E-state index >= 15 is 0 Å². The van der Waals surface area contributed by atoms with E-state index < -0.39 is 0 Å². The molecule has 0 aliphatic heterocycles. The summed E-state index contributed by atoms with van der Waals surface area (Å²) >= 11 is 0. The Morgan fingerprint density at radius 2 is 1.83 bits per heavy atom. The second-order valence-electron chi connectivity index (χ2n) is 4.77. The summed E-state index contributed by atoms with van der Waals surface area (Å²) in [4.78, 5) is 0. The molecule has 0 saturated carbocycles. The molecule has 0 amide bonds. The Kier molecular flexibility index (Phi) is 2.44. The van der Waals surface area contributed by atoms with Crippen LogP contribution < -0.4 is 4.57 Å². The Morgan fingerprint density at radius 3 is 2.61 bits per heavy atom. The molecule has 0 bridgehead atoms. The van der Waals surface area contributed by atoms with Gasteiger partial charge in [-0.2, -0.15) is 0 Å². The van der Waals surface area contributed by atoms with Crippen LogP contribution in [0.4, 0.5) is 0 Å². The average Bonchev–Trinajstić information content (AvgIpc) is 2.68. The topological polar surface area (TPSA) is 8.81 Å². The number of imidazole rings is 1. The molecule has 18 heavy (non-hydrogen) atoms. The van der Waals surface area contributed by atoms with Gasteiger partial charge in [-0.3, -0.25) is 0 Å². The molecule has 0 aliphatic carbocycles. The molecule has 90 valence electrons. The van der Waals surface area contributed by atoms with Gasteiger partial charge in [0.15, 0.2) is 0 Å². The summed E-state index contributed by atoms with van der Waals surface area (Å²) in [6.45, 7) is 4.26. The second kappa shape index (κ2) is 3.98. The number of fused-ring (bicyclic) bond motifs is 1. The molecular formula is C16H16N2. The van der Waals surface area contributed by atoms with Crippen molar-refractivity contribution in [1.29, 1.82) is 0 Å². The number of hydrogen-bond donors (Lipinski definition) is 0. The third kappa shape index (κ3) is 1.61. The third-order valence-corrected chi connectivity index (χ3v) is 3.33. The monoisotopic (exact) mass is 236 g/mol. The normalized spacial score (nSPS) is 11.1. The van der Waals surface area contributed by atoms with Crippen LogP contribution in [0, 0.1) is 20.2 Å². The molecule has 2 aromatic carbocycles. The van der Waals surface area contributed by atoms with E-state index in [2.05, 4.69) is 67.2 Å². The zero-order valence-corrected chi connectivity index (χ0v) is 10.9. The molecule has 0 N–H and O–H groups in total. The Hall–Kier alpha value is -2.09. The van der Waals surface area contributed by atoms with E-state index in [-0.39, 0.29) is 0 Å². The van der Waals surface area contributed by atoms with Crippen LogP contribution in [-0.2, 0) is 7.05 Å². The number of nitrogens with zero attached hydrogens (tertiary/aromatic N) is 2. The molecule has 1 heterocycles. The summed E-state index contributed by atoms with van der Waals surface area (Å²) in [6, 6.07) is 14.9. The van der Waals surface area contributed by atoms with Gasteiger partial charge in [0.25, 0.3) is 0 Å². The van der Waals surface area contributed by atoms with Crippen molar-refractivity contribution in [2.45, 2.75) is 13.8 Å². The zero-order valence-electron chi connectivity index (χ0n) is 10.9. The maximum absolute atomic E-state index is 3.36. The van der Waals surface area contributed by atoms with Crippen molar-refractivity contribution < 1.29 is 4.57 Å². The standard InChI is InChI=1S/C16H16N2/c1-12-8-9-14(13(2)10-12)18-11-17(3)15-6-4-5-7-16(15)18/h4-10H,1-3H3. The minimum atomic E-state index is 1.19. The molecule has 0 radical (unpaired) electrons. The van der Waals surface area contributed by atoms with E-state index in [0.717, 1.165) is 0 Å². The molecule has 0 fully saturated rings. The van der Waals surface area contributed by atoms with Gasteiger partial charge in [0, 0.05) is 0 Å². The summed E-state index contributed by atoms with van der Waals surface area (Å²) in [5.74, 6) is 0. The summed E-state index contributed by atoms with van der Waals surface area (Å²) in [6.07, 6.45) is 3.36. The first-order valence-corrected chi connectivity index (χ1v) is 6.13. The average molecular weight is 236 g/mol. The van der Waals surface area contributed by atoms with Crippen LogP contribution in [0.2, 0.25) is 0 Å². The van der Waals surface area contributed by atoms with Crippen LogP contribution in [0.3, 0.4) is 0 Å². The van der Waals surface area contributed by atoms with Gasteiger partial charge in [0.2, 0.25) is 6.33 Å². The predicted molar refractivity (Wildman–Crippen MR) is 72.8 cm³/mol. The van der Waals surface area contributed by atoms with Crippen molar-refractivity contribution in [3.8, 4) is 5.69 Å². The smallest absolute Gasteiger partial charge is 0.244 e. The Bertz CT molecular complexity index is 723. The van der Waals surface area contributed by atoms with Gasteiger partial charge >= 0.3 is 0 Å². The molecule has 0 unspecified atom stereocenters. The molecular weight excluding hydrogens is 220 g/mol. The highest BCUT2D eigenvalue weighted by molar-refractivity contribution is 5.74. The van der Waals surface area contributed by atoms with Gasteiger partial charge in [-0.25, -0.2) is 0 Å². The number of para-hydroxylation sites is 2. The highest BCUT2D eigenvalue weighted by Gasteiger charge is 2.07. The molecule has 0 aliphatic rings. The molecule has 2 nitrogen and oxygen atoms in total. The fourth-order valence-corrected chi connectivity index (χ4v) is 2.43. The number of aryl methyl sites for hydroxylation is 3. The Morgan fingerprint density at radius 1 is 1.06 bits per heavy atom. The van der Waals surface area contributed by atoms with E-state index in [9.17, 15) is 0 Å². The van der Waals surface area contributed by atoms with Gasteiger partial charge in [0.05, 0.1) is 23.8 Å². The number of aromatic nitrogens is 2. The summed E-state index contributed by atoms with van der Waals surface area (Å²) < 4.78 is 4.17. The number of hydrogen-bond acceptors (Lipinski definition) is 0. The van der Waals surface area contributed by atoms with E-state index in [1.807, 2.05) is 11.6 Å². The van der Waals surface area contributed by atoms with Crippen molar-refractivity contribution >= 4 is 11.0 Å². The first-order chi connectivity index (χ1) is 8.66. The predicted octanol–water partition coefficient (Wildman–Crippen LogP) is 2.87. The van der Waals surface area contributed by atoms with Crippen LogP contribution in [0.25, 0.3) is 16.7 Å². The summed E-state index contributed by atoms with van der Waals surface area (Å²) in [7, 11) is 2.03. The molecule has 0 spiro atoms. The Balaban J connectivity index is 2.32. The minimum absolute atomic E-state index is 1.19. The minimum Gasteiger partial charge on any atom is -0.319 e. The zero-order chi connectivity index (χ0) is 12.7. The lowest BCUT2D eigenvalue weighted by Gasteiger charge is -2.09. The quantitative estimate of drug-likeness (QED) is 0.454. The fourth-order valence-electron chi connectivity index (χ4n) is 2.43. The summed E-state index contributed by atoms with van der Waals surface area (Å²) in [5, 5.41) is 0. The number of rotatable bonds is 1. The molecule has 1 aromatic heterocycles. The van der Waals surface area contributed by atoms with Gasteiger partial charge in [-0.1, -0.05) is 48.0 Å². The van der Waals surface area contributed by atoms with Crippen LogP contribution in [0.5, 0.6) is 0 Å². The van der Waals surface area contributed by atoms with Crippen molar-refractivity contribution in [3.63, 3.8) is 0 Å². The van der Waals surface area contributed by atoms with Gasteiger partial charge in [-0.05, 0) is 19.4 Å². The van der Waals surface area contributed by atoms with Crippen LogP contribution >= 0.6 is 0 Å². The maximum atomic E-state index is 3.36. The number of benzene rings is 2. The van der Waals surface area contributed by atoms with E-state index in [4.69, 9.17) is 0 Å². The third-order valence-electron chi connectivity index (χ3n) is 3.33. The lowest BCUT2D eigenvalue weighted by atomic mass is 10.1.